The summed E-state index contributed by atoms with van der Waals surface area (Å²) in [5.41, 5.74) is 0.312. The van der Waals surface area contributed by atoms with E-state index >= 15 is 0 Å². The Hall–Kier alpha value is -0.0800. The lowest BCUT2D eigenvalue weighted by atomic mass is 9.76. The highest BCUT2D eigenvalue weighted by molar-refractivity contribution is 4.85. The van der Waals surface area contributed by atoms with Gasteiger partial charge in [0.15, 0.2) is 0 Å². The first-order chi connectivity index (χ1) is 8.45. The number of ether oxygens (including phenoxy) is 1. The number of hydrogen-bond donors (Lipinski definition) is 1. The largest absolute Gasteiger partial charge is 0.400 e. The van der Waals surface area contributed by atoms with E-state index in [0.717, 1.165) is 18.9 Å². The molecule has 0 radical (unpaired) electrons. The fraction of sp³-hybridized carbons (Fsp3) is 1.00. The highest BCUT2D eigenvalue weighted by Crippen LogP contribution is 2.39. The maximum atomic E-state index is 7.00. The van der Waals surface area contributed by atoms with E-state index < -0.39 is 0 Å². The summed E-state index contributed by atoms with van der Waals surface area (Å²) in [6, 6.07) is 0. The van der Waals surface area contributed by atoms with E-state index in [0.29, 0.717) is 17.6 Å². The van der Waals surface area contributed by atoms with Crippen LogP contribution in [0.1, 0.15) is 66.2 Å². The number of hydrogen-bond acceptors (Lipinski definition) is 2. The Morgan fingerprint density at radius 2 is 1.72 bits per heavy atom. The minimum atomic E-state index is 0.312. The fourth-order valence-electron chi connectivity index (χ4n) is 3.06. The minimum Gasteiger partial charge on any atom is -0.400 e. The molecule has 0 aromatic heterocycles. The van der Waals surface area contributed by atoms with E-state index in [9.17, 15) is 0 Å². The van der Waals surface area contributed by atoms with Gasteiger partial charge < -0.3 is 9.84 Å². The van der Waals surface area contributed by atoms with Gasteiger partial charge in [0.25, 0.3) is 0 Å². The molecule has 0 aromatic rings. The van der Waals surface area contributed by atoms with Crippen LogP contribution in [0.25, 0.3) is 0 Å². The van der Waals surface area contributed by atoms with Gasteiger partial charge in [-0.25, -0.2) is 0 Å². The maximum Gasteiger partial charge on any atom is 0.0629 e. The second kappa shape index (κ2) is 6.91. The Bertz CT molecular complexity index is 228. The van der Waals surface area contributed by atoms with Crippen molar-refractivity contribution in [3.63, 3.8) is 0 Å². The lowest BCUT2D eigenvalue weighted by Gasteiger charge is -2.42. The summed E-state index contributed by atoms with van der Waals surface area (Å²) in [5, 5.41) is 7.00. The monoisotopic (exact) mass is 256 g/mol. The predicted molar refractivity (Wildman–Crippen MR) is 76.6 cm³/mol. The van der Waals surface area contributed by atoms with Gasteiger partial charge in [0.05, 0.1) is 12.2 Å². The average molecular weight is 256 g/mol. The molecule has 3 unspecified atom stereocenters. The molecule has 2 heteroatoms. The summed E-state index contributed by atoms with van der Waals surface area (Å²) in [4.78, 5) is 0. The van der Waals surface area contributed by atoms with Gasteiger partial charge in [-0.15, -0.1) is 0 Å². The van der Waals surface area contributed by atoms with Gasteiger partial charge in [-0.2, -0.15) is 0 Å². The quantitative estimate of drug-likeness (QED) is 0.808. The van der Waals surface area contributed by atoms with Crippen LogP contribution in [0.3, 0.4) is 0 Å². The van der Waals surface area contributed by atoms with Gasteiger partial charge in [-0.05, 0) is 36.5 Å². The molecule has 1 heterocycles. The molecule has 2 rings (SSSR count). The molecule has 2 fully saturated rings. The van der Waals surface area contributed by atoms with Crippen LogP contribution >= 0.6 is 0 Å². The number of aliphatic hydroxyl groups excluding tert-OH is 1. The molecule has 18 heavy (non-hydrogen) atoms. The zero-order chi connectivity index (χ0) is 13.8. The second-order valence-electron chi connectivity index (χ2n) is 7.22. The third-order valence-corrected chi connectivity index (χ3v) is 4.43. The van der Waals surface area contributed by atoms with Crippen LogP contribution in [0, 0.1) is 17.3 Å². The van der Waals surface area contributed by atoms with Crippen LogP contribution in [0.15, 0.2) is 0 Å². The zero-order valence-electron chi connectivity index (χ0n) is 12.9. The SMILES string of the molecule is CC1CC(CC2CCC2)OC(C(C)(C)C)C1.CO. The van der Waals surface area contributed by atoms with Crippen molar-refractivity contribution < 1.29 is 9.84 Å². The van der Waals surface area contributed by atoms with Crippen molar-refractivity contribution >= 4 is 0 Å². The fourth-order valence-corrected chi connectivity index (χ4v) is 3.06. The number of rotatable bonds is 2. The smallest absolute Gasteiger partial charge is 0.0629 e. The van der Waals surface area contributed by atoms with Crippen molar-refractivity contribution in [3.8, 4) is 0 Å². The zero-order valence-corrected chi connectivity index (χ0v) is 12.9. The van der Waals surface area contributed by atoms with Crippen LogP contribution in [-0.4, -0.2) is 24.4 Å². The summed E-state index contributed by atoms with van der Waals surface area (Å²) in [7, 11) is 1.00. The summed E-state index contributed by atoms with van der Waals surface area (Å²) >= 11 is 0. The summed E-state index contributed by atoms with van der Waals surface area (Å²) in [6.07, 6.45) is 9.27. The molecule has 1 aliphatic heterocycles. The van der Waals surface area contributed by atoms with E-state index in [4.69, 9.17) is 9.84 Å². The third kappa shape index (κ3) is 4.55. The van der Waals surface area contributed by atoms with Crippen molar-refractivity contribution in [1.29, 1.82) is 0 Å². The molecule has 108 valence electrons. The first kappa shape index (κ1) is 16.0. The molecule has 3 atom stereocenters. The van der Waals surface area contributed by atoms with E-state index in [1.807, 2.05) is 0 Å². The van der Waals surface area contributed by atoms with Crippen molar-refractivity contribution in [2.24, 2.45) is 17.3 Å². The van der Waals surface area contributed by atoms with Crippen molar-refractivity contribution in [2.75, 3.05) is 7.11 Å². The van der Waals surface area contributed by atoms with Crippen LogP contribution in [0.2, 0.25) is 0 Å². The van der Waals surface area contributed by atoms with Gasteiger partial charge in [0, 0.05) is 7.11 Å². The highest BCUT2D eigenvalue weighted by atomic mass is 16.5. The molecular formula is C16H32O2. The Kier molecular flexibility index (Phi) is 6.13. The Labute approximate surface area is 113 Å². The second-order valence-corrected chi connectivity index (χ2v) is 7.22. The van der Waals surface area contributed by atoms with Crippen LogP contribution < -0.4 is 0 Å². The standard InChI is InChI=1S/C15H28O.CH4O/c1-11-8-13(10-12-6-5-7-12)16-14(9-11)15(2,3)4;1-2/h11-14H,5-10H2,1-4H3;2H,1H3. The Morgan fingerprint density at radius 3 is 2.17 bits per heavy atom. The Balaban J connectivity index is 0.000000771. The van der Waals surface area contributed by atoms with Gasteiger partial charge in [-0.1, -0.05) is 47.0 Å². The molecule has 1 saturated carbocycles. The lowest BCUT2D eigenvalue weighted by molar-refractivity contribution is -0.123. The summed E-state index contributed by atoms with van der Waals surface area (Å²) in [5.74, 6) is 1.83. The van der Waals surface area contributed by atoms with Crippen molar-refractivity contribution in [1.82, 2.24) is 0 Å². The maximum absolute atomic E-state index is 7.00. The molecule has 0 bridgehead atoms. The van der Waals surface area contributed by atoms with Crippen molar-refractivity contribution in [3.05, 3.63) is 0 Å². The molecule has 0 aromatic carbocycles. The predicted octanol–water partition coefficient (Wildman–Crippen LogP) is 4.01. The molecule has 0 amide bonds. The molecule has 1 N–H and O–H groups in total. The molecule has 0 spiro atoms. The van der Waals surface area contributed by atoms with Gasteiger partial charge in [0.1, 0.15) is 0 Å². The van der Waals surface area contributed by atoms with Gasteiger partial charge in [-0.3, -0.25) is 0 Å². The van der Waals surface area contributed by atoms with Crippen LogP contribution in [0.5, 0.6) is 0 Å². The molecule has 1 saturated heterocycles. The van der Waals surface area contributed by atoms with Crippen LogP contribution in [0.4, 0.5) is 0 Å². The number of aliphatic hydroxyl groups is 1. The Morgan fingerprint density at radius 1 is 1.11 bits per heavy atom. The molecule has 2 nitrogen and oxygen atoms in total. The molecular weight excluding hydrogens is 224 g/mol. The summed E-state index contributed by atoms with van der Waals surface area (Å²) < 4.78 is 6.33. The molecule has 2 aliphatic rings. The first-order valence-electron chi connectivity index (χ1n) is 7.55. The highest BCUT2D eigenvalue weighted by Gasteiger charge is 2.35. The lowest BCUT2D eigenvalue weighted by Crippen LogP contribution is -2.40. The van der Waals surface area contributed by atoms with Crippen molar-refractivity contribution in [2.45, 2.75) is 78.4 Å². The van der Waals surface area contributed by atoms with E-state index in [-0.39, 0.29) is 0 Å². The normalized spacial score (nSPS) is 33.3. The van der Waals surface area contributed by atoms with E-state index in [1.165, 1.54) is 38.5 Å². The van der Waals surface area contributed by atoms with Gasteiger partial charge >= 0.3 is 0 Å². The third-order valence-electron chi connectivity index (χ3n) is 4.43. The summed E-state index contributed by atoms with van der Waals surface area (Å²) in [6.45, 7) is 9.34. The van der Waals surface area contributed by atoms with E-state index in [2.05, 4.69) is 27.7 Å². The van der Waals surface area contributed by atoms with Crippen LogP contribution in [-0.2, 0) is 4.74 Å². The average Bonchev–Trinajstić information content (AvgIpc) is 2.24. The molecule has 1 aliphatic carbocycles. The minimum absolute atomic E-state index is 0.312. The topological polar surface area (TPSA) is 29.5 Å². The van der Waals surface area contributed by atoms with Gasteiger partial charge in [0.2, 0.25) is 0 Å². The van der Waals surface area contributed by atoms with E-state index in [1.54, 1.807) is 0 Å². The first-order valence-corrected chi connectivity index (χ1v) is 7.55.